The molecule has 2 unspecified atom stereocenters. The van der Waals surface area contributed by atoms with Gasteiger partial charge in [0.05, 0.1) is 3.79 Å². The molecule has 2 N–H and O–H groups in total. The number of thiophene rings is 1. The van der Waals surface area contributed by atoms with Crippen LogP contribution in [0.4, 0.5) is 0 Å². The van der Waals surface area contributed by atoms with Gasteiger partial charge in [0.1, 0.15) is 0 Å². The fourth-order valence-electron chi connectivity index (χ4n) is 3.48. The van der Waals surface area contributed by atoms with Crippen LogP contribution in [0.1, 0.15) is 51.0 Å². The molecule has 0 aliphatic heterocycles. The zero-order valence-electron chi connectivity index (χ0n) is 12.7. The van der Waals surface area contributed by atoms with Crippen LogP contribution in [0.15, 0.2) is 15.2 Å². The zero-order valence-corrected chi connectivity index (χ0v) is 15.1. The lowest BCUT2D eigenvalue weighted by atomic mass is 9.87. The molecule has 1 aromatic heterocycles. The summed E-state index contributed by atoms with van der Waals surface area (Å²) >= 11 is 5.32. The quantitative estimate of drug-likeness (QED) is 0.777. The average molecular weight is 359 g/mol. The SMILES string of the molecule is CCC1CCCC(CN)(N(C)Cc2csc(Br)c2)CC1. The summed E-state index contributed by atoms with van der Waals surface area (Å²) in [6, 6.07) is 2.23. The van der Waals surface area contributed by atoms with Gasteiger partial charge in [0.25, 0.3) is 0 Å². The van der Waals surface area contributed by atoms with Gasteiger partial charge < -0.3 is 5.73 Å². The third-order valence-electron chi connectivity index (χ3n) is 5.08. The van der Waals surface area contributed by atoms with Gasteiger partial charge >= 0.3 is 0 Å². The van der Waals surface area contributed by atoms with Gasteiger partial charge in [-0.3, -0.25) is 4.90 Å². The van der Waals surface area contributed by atoms with E-state index in [1.54, 1.807) is 11.3 Å². The largest absolute Gasteiger partial charge is 0.329 e. The minimum Gasteiger partial charge on any atom is -0.329 e. The number of hydrogen-bond donors (Lipinski definition) is 1. The van der Waals surface area contributed by atoms with Crippen LogP contribution in [0.3, 0.4) is 0 Å². The van der Waals surface area contributed by atoms with Crippen molar-refractivity contribution in [3.63, 3.8) is 0 Å². The summed E-state index contributed by atoms with van der Waals surface area (Å²) in [5.74, 6) is 0.909. The van der Waals surface area contributed by atoms with E-state index in [0.29, 0.717) is 0 Å². The number of rotatable bonds is 5. The second-order valence-electron chi connectivity index (χ2n) is 6.25. The van der Waals surface area contributed by atoms with Crippen molar-refractivity contribution in [3.05, 3.63) is 20.8 Å². The molecule has 114 valence electrons. The second-order valence-corrected chi connectivity index (χ2v) is 8.54. The van der Waals surface area contributed by atoms with Gasteiger partial charge in [0, 0.05) is 18.6 Å². The highest BCUT2D eigenvalue weighted by atomic mass is 79.9. The van der Waals surface area contributed by atoms with Crippen molar-refractivity contribution < 1.29 is 0 Å². The third-order valence-corrected chi connectivity index (χ3v) is 6.63. The molecule has 1 heterocycles. The van der Waals surface area contributed by atoms with Crippen molar-refractivity contribution in [1.29, 1.82) is 0 Å². The third kappa shape index (κ3) is 3.85. The van der Waals surface area contributed by atoms with Gasteiger partial charge in [-0.25, -0.2) is 0 Å². The van der Waals surface area contributed by atoms with E-state index in [9.17, 15) is 0 Å². The molecule has 0 radical (unpaired) electrons. The van der Waals surface area contributed by atoms with Crippen molar-refractivity contribution in [2.75, 3.05) is 13.6 Å². The maximum absolute atomic E-state index is 6.21. The van der Waals surface area contributed by atoms with Crippen LogP contribution >= 0.6 is 27.3 Å². The number of nitrogens with zero attached hydrogens (tertiary/aromatic N) is 1. The second kappa shape index (κ2) is 7.39. The van der Waals surface area contributed by atoms with Crippen LogP contribution in [-0.2, 0) is 6.54 Å². The first kappa shape index (κ1) is 16.5. The van der Waals surface area contributed by atoms with Gasteiger partial charge in [0.2, 0.25) is 0 Å². The fraction of sp³-hybridized carbons (Fsp3) is 0.750. The van der Waals surface area contributed by atoms with E-state index < -0.39 is 0 Å². The van der Waals surface area contributed by atoms with Crippen LogP contribution < -0.4 is 5.73 Å². The van der Waals surface area contributed by atoms with Gasteiger partial charge in [0.15, 0.2) is 0 Å². The molecule has 0 aromatic carbocycles. The Morgan fingerprint density at radius 1 is 1.45 bits per heavy atom. The maximum atomic E-state index is 6.21. The van der Waals surface area contributed by atoms with Crippen LogP contribution in [0.2, 0.25) is 0 Å². The molecular formula is C16H27BrN2S. The maximum Gasteiger partial charge on any atom is 0.0701 e. The molecule has 20 heavy (non-hydrogen) atoms. The summed E-state index contributed by atoms with van der Waals surface area (Å²) < 4.78 is 1.22. The predicted octanol–water partition coefficient (Wildman–Crippen LogP) is 4.63. The van der Waals surface area contributed by atoms with Gasteiger partial charge in [-0.1, -0.05) is 26.2 Å². The normalized spacial score (nSPS) is 27.8. The van der Waals surface area contributed by atoms with E-state index in [4.69, 9.17) is 5.73 Å². The molecule has 1 aliphatic carbocycles. The summed E-state index contributed by atoms with van der Waals surface area (Å²) in [6.07, 6.45) is 7.88. The van der Waals surface area contributed by atoms with Gasteiger partial charge in [-0.15, -0.1) is 11.3 Å². The Bertz CT molecular complexity index is 420. The zero-order chi connectivity index (χ0) is 14.6. The lowest BCUT2D eigenvalue weighted by molar-refractivity contribution is 0.0985. The van der Waals surface area contributed by atoms with E-state index in [2.05, 4.69) is 46.2 Å². The monoisotopic (exact) mass is 358 g/mol. The van der Waals surface area contributed by atoms with Crippen LogP contribution in [0.5, 0.6) is 0 Å². The van der Waals surface area contributed by atoms with Crippen molar-refractivity contribution >= 4 is 27.3 Å². The van der Waals surface area contributed by atoms with E-state index in [0.717, 1.165) is 19.0 Å². The van der Waals surface area contributed by atoms with Crippen LogP contribution in [0.25, 0.3) is 0 Å². The Balaban J connectivity index is 2.05. The molecule has 2 atom stereocenters. The van der Waals surface area contributed by atoms with E-state index in [1.165, 1.54) is 47.9 Å². The Hall–Kier alpha value is 0.100. The molecule has 0 amide bonds. The van der Waals surface area contributed by atoms with E-state index in [1.807, 2.05) is 0 Å². The molecule has 0 saturated heterocycles. The highest BCUT2D eigenvalue weighted by Gasteiger charge is 2.35. The summed E-state index contributed by atoms with van der Waals surface area (Å²) in [4.78, 5) is 2.51. The molecular weight excluding hydrogens is 332 g/mol. The molecule has 0 spiro atoms. The van der Waals surface area contributed by atoms with Crippen LogP contribution in [0, 0.1) is 5.92 Å². The first-order chi connectivity index (χ1) is 9.59. The first-order valence-electron chi connectivity index (χ1n) is 7.74. The Labute approximate surface area is 135 Å². The lowest BCUT2D eigenvalue weighted by Crippen LogP contribution is -2.51. The average Bonchev–Trinajstić information content (AvgIpc) is 2.74. The number of likely N-dealkylation sites (N-methyl/N-ethyl adjacent to an activating group) is 1. The molecule has 1 aliphatic rings. The topological polar surface area (TPSA) is 29.3 Å². The van der Waals surface area contributed by atoms with E-state index in [-0.39, 0.29) is 5.54 Å². The summed E-state index contributed by atoms with van der Waals surface area (Å²) in [5, 5.41) is 2.25. The van der Waals surface area contributed by atoms with E-state index >= 15 is 0 Å². The fourth-order valence-corrected chi connectivity index (χ4v) is 4.68. The molecule has 2 rings (SSSR count). The molecule has 1 saturated carbocycles. The van der Waals surface area contributed by atoms with Crippen LogP contribution in [-0.4, -0.2) is 24.0 Å². The summed E-state index contributed by atoms with van der Waals surface area (Å²) in [5.41, 5.74) is 7.81. The minimum absolute atomic E-state index is 0.207. The Morgan fingerprint density at radius 3 is 2.85 bits per heavy atom. The number of halogens is 1. The smallest absolute Gasteiger partial charge is 0.0701 e. The summed E-state index contributed by atoms with van der Waals surface area (Å²) in [6.45, 7) is 4.12. The highest BCUT2D eigenvalue weighted by molar-refractivity contribution is 9.11. The molecule has 1 fully saturated rings. The van der Waals surface area contributed by atoms with Crippen molar-refractivity contribution in [3.8, 4) is 0 Å². The summed E-state index contributed by atoms with van der Waals surface area (Å²) in [7, 11) is 2.25. The van der Waals surface area contributed by atoms with Crippen molar-refractivity contribution in [2.24, 2.45) is 11.7 Å². The van der Waals surface area contributed by atoms with Gasteiger partial charge in [-0.2, -0.15) is 0 Å². The number of nitrogens with two attached hydrogens (primary N) is 1. The lowest BCUT2D eigenvalue weighted by Gasteiger charge is -2.41. The Kier molecular flexibility index (Phi) is 6.09. The standard InChI is InChI=1S/C16H27BrN2S/c1-3-13-5-4-7-16(12-18,8-6-13)19(2)10-14-9-15(17)20-11-14/h9,11,13H,3-8,10,12,18H2,1-2H3. The van der Waals surface area contributed by atoms with Crippen molar-refractivity contribution in [1.82, 2.24) is 4.90 Å². The molecule has 2 nitrogen and oxygen atoms in total. The first-order valence-corrected chi connectivity index (χ1v) is 9.41. The number of hydrogen-bond acceptors (Lipinski definition) is 3. The van der Waals surface area contributed by atoms with Gasteiger partial charge in [-0.05, 0) is 65.2 Å². The Morgan fingerprint density at radius 2 is 2.25 bits per heavy atom. The molecule has 1 aromatic rings. The highest BCUT2D eigenvalue weighted by Crippen LogP contribution is 2.36. The molecule has 0 bridgehead atoms. The van der Waals surface area contributed by atoms with Crippen molar-refractivity contribution in [2.45, 2.75) is 57.5 Å². The molecule has 4 heteroatoms. The predicted molar refractivity (Wildman–Crippen MR) is 92.1 cm³/mol. The minimum atomic E-state index is 0.207.